The summed E-state index contributed by atoms with van der Waals surface area (Å²) in [6.45, 7) is 0. The van der Waals surface area contributed by atoms with E-state index in [4.69, 9.17) is 0 Å². The quantitative estimate of drug-likeness (QED) is 0.562. The van der Waals surface area contributed by atoms with Gasteiger partial charge in [0, 0.05) is 0 Å². The molecule has 2 aliphatic rings. The highest BCUT2D eigenvalue weighted by atomic mass is 14.3. The third-order valence-corrected chi connectivity index (χ3v) is 6.08. The van der Waals surface area contributed by atoms with Gasteiger partial charge in [-0.2, -0.15) is 0 Å². The van der Waals surface area contributed by atoms with Crippen LogP contribution in [0, 0.1) is 0 Å². The topological polar surface area (TPSA) is 0 Å². The highest BCUT2D eigenvalue weighted by Gasteiger charge is 2.21. The van der Waals surface area contributed by atoms with Crippen molar-refractivity contribution in [3.05, 3.63) is 47.5 Å². The van der Waals surface area contributed by atoms with Crippen LogP contribution in [0.15, 0.2) is 36.4 Å². The van der Waals surface area contributed by atoms with E-state index in [9.17, 15) is 0 Å². The molecule has 2 aliphatic carbocycles. The van der Waals surface area contributed by atoms with Crippen molar-refractivity contribution in [3.63, 3.8) is 0 Å². The molecule has 2 saturated carbocycles. The first-order chi connectivity index (χ1) is 10.9. The van der Waals surface area contributed by atoms with Gasteiger partial charge in [-0.3, -0.25) is 0 Å². The molecule has 116 valence electrons. The van der Waals surface area contributed by atoms with Gasteiger partial charge >= 0.3 is 0 Å². The Morgan fingerprint density at radius 3 is 1.32 bits per heavy atom. The summed E-state index contributed by atoms with van der Waals surface area (Å²) in [5.74, 6) is 1.61. The summed E-state index contributed by atoms with van der Waals surface area (Å²) >= 11 is 0. The van der Waals surface area contributed by atoms with Crippen molar-refractivity contribution in [2.24, 2.45) is 0 Å². The standard InChI is InChI=1S/C22H28/c1-3-9-17(10-4-1)19-15-16-20(18-11-5-2-6-12-18)22-14-8-7-13-21(19)22/h7-8,13-18H,1-6,9-12H2. The van der Waals surface area contributed by atoms with E-state index in [1.54, 1.807) is 21.9 Å². The first kappa shape index (κ1) is 14.3. The van der Waals surface area contributed by atoms with Gasteiger partial charge in [0.2, 0.25) is 0 Å². The average Bonchev–Trinajstić information content (AvgIpc) is 2.62. The van der Waals surface area contributed by atoms with Crippen LogP contribution in [0.25, 0.3) is 10.8 Å². The molecule has 0 unspecified atom stereocenters. The van der Waals surface area contributed by atoms with Crippen LogP contribution in [0.1, 0.15) is 87.2 Å². The molecule has 0 bridgehead atoms. The largest absolute Gasteiger partial charge is 0.0616 e. The van der Waals surface area contributed by atoms with Crippen LogP contribution in [-0.4, -0.2) is 0 Å². The van der Waals surface area contributed by atoms with E-state index in [2.05, 4.69) is 36.4 Å². The minimum Gasteiger partial charge on any atom is -0.0616 e. The third-order valence-electron chi connectivity index (χ3n) is 6.08. The molecule has 4 rings (SSSR count). The zero-order chi connectivity index (χ0) is 14.8. The highest BCUT2D eigenvalue weighted by Crippen LogP contribution is 2.41. The van der Waals surface area contributed by atoms with Crippen molar-refractivity contribution in [3.8, 4) is 0 Å². The number of fused-ring (bicyclic) bond motifs is 1. The molecule has 0 N–H and O–H groups in total. The molecule has 22 heavy (non-hydrogen) atoms. The lowest BCUT2D eigenvalue weighted by atomic mass is 9.78. The average molecular weight is 292 g/mol. The fourth-order valence-electron chi connectivity index (χ4n) is 4.88. The van der Waals surface area contributed by atoms with Crippen LogP contribution in [0.3, 0.4) is 0 Å². The lowest BCUT2D eigenvalue weighted by molar-refractivity contribution is 0.442. The molecule has 0 nitrogen and oxygen atoms in total. The monoisotopic (exact) mass is 292 g/mol. The predicted molar refractivity (Wildman–Crippen MR) is 95.6 cm³/mol. The van der Waals surface area contributed by atoms with E-state index in [0.29, 0.717) is 0 Å². The molecule has 0 aliphatic heterocycles. The second-order valence-electron chi connectivity index (χ2n) is 7.46. The Kier molecular flexibility index (Phi) is 4.19. The summed E-state index contributed by atoms with van der Waals surface area (Å²) in [7, 11) is 0. The molecular formula is C22H28. The SMILES string of the molecule is c1ccc2c(C3CCCCC3)ccc(C3CCCCC3)c2c1. The van der Waals surface area contributed by atoms with E-state index >= 15 is 0 Å². The second-order valence-corrected chi connectivity index (χ2v) is 7.46. The van der Waals surface area contributed by atoms with Crippen molar-refractivity contribution >= 4 is 10.8 Å². The number of rotatable bonds is 2. The first-order valence-electron chi connectivity index (χ1n) is 9.45. The maximum Gasteiger partial charge on any atom is -0.0146 e. The molecular weight excluding hydrogens is 264 g/mol. The molecule has 2 aromatic carbocycles. The van der Waals surface area contributed by atoms with Crippen LogP contribution in [0.2, 0.25) is 0 Å². The highest BCUT2D eigenvalue weighted by molar-refractivity contribution is 5.89. The van der Waals surface area contributed by atoms with E-state index in [0.717, 1.165) is 11.8 Å². The minimum absolute atomic E-state index is 0.805. The van der Waals surface area contributed by atoms with Crippen LogP contribution in [0.4, 0.5) is 0 Å². The number of benzene rings is 2. The molecule has 2 aromatic rings. The first-order valence-corrected chi connectivity index (χ1v) is 9.45. The van der Waals surface area contributed by atoms with Crippen molar-refractivity contribution < 1.29 is 0 Å². The molecule has 0 saturated heterocycles. The Hall–Kier alpha value is -1.30. The predicted octanol–water partition coefficient (Wildman–Crippen LogP) is 6.94. The molecule has 0 heterocycles. The van der Waals surface area contributed by atoms with Crippen molar-refractivity contribution in [1.29, 1.82) is 0 Å². The lowest BCUT2D eigenvalue weighted by Crippen LogP contribution is -2.08. The smallest absolute Gasteiger partial charge is 0.0146 e. The van der Waals surface area contributed by atoms with Crippen LogP contribution in [-0.2, 0) is 0 Å². The fourth-order valence-corrected chi connectivity index (χ4v) is 4.88. The van der Waals surface area contributed by atoms with Gasteiger partial charge in [0.15, 0.2) is 0 Å². The van der Waals surface area contributed by atoms with Gasteiger partial charge in [0.25, 0.3) is 0 Å². The molecule has 0 spiro atoms. The van der Waals surface area contributed by atoms with Gasteiger partial charge in [-0.1, -0.05) is 74.9 Å². The van der Waals surface area contributed by atoms with Crippen LogP contribution >= 0.6 is 0 Å². The Morgan fingerprint density at radius 2 is 0.909 bits per heavy atom. The summed E-state index contributed by atoms with van der Waals surface area (Å²) < 4.78 is 0. The molecule has 0 amide bonds. The fraction of sp³-hybridized carbons (Fsp3) is 0.545. The summed E-state index contributed by atoms with van der Waals surface area (Å²) in [4.78, 5) is 0. The van der Waals surface area contributed by atoms with Gasteiger partial charge in [-0.25, -0.2) is 0 Å². The van der Waals surface area contributed by atoms with E-state index in [1.165, 1.54) is 64.2 Å². The summed E-state index contributed by atoms with van der Waals surface area (Å²) in [6.07, 6.45) is 14.1. The van der Waals surface area contributed by atoms with Gasteiger partial charge < -0.3 is 0 Å². The van der Waals surface area contributed by atoms with Gasteiger partial charge in [-0.15, -0.1) is 0 Å². The van der Waals surface area contributed by atoms with Crippen molar-refractivity contribution in [1.82, 2.24) is 0 Å². The Bertz CT molecular complexity index is 571. The summed E-state index contributed by atoms with van der Waals surface area (Å²) in [5.41, 5.74) is 3.27. The maximum absolute atomic E-state index is 2.49. The Morgan fingerprint density at radius 1 is 0.500 bits per heavy atom. The van der Waals surface area contributed by atoms with Crippen LogP contribution < -0.4 is 0 Å². The molecule has 0 radical (unpaired) electrons. The Balaban J connectivity index is 1.77. The van der Waals surface area contributed by atoms with Crippen molar-refractivity contribution in [2.75, 3.05) is 0 Å². The lowest BCUT2D eigenvalue weighted by Gasteiger charge is -2.27. The summed E-state index contributed by atoms with van der Waals surface area (Å²) in [5, 5.41) is 3.11. The molecule has 0 heteroatoms. The number of hydrogen-bond donors (Lipinski definition) is 0. The Labute approximate surface area is 134 Å². The molecule has 2 fully saturated rings. The number of hydrogen-bond acceptors (Lipinski definition) is 0. The summed E-state index contributed by atoms with van der Waals surface area (Å²) in [6, 6.07) is 14.2. The van der Waals surface area contributed by atoms with Crippen molar-refractivity contribution in [2.45, 2.75) is 76.0 Å². The van der Waals surface area contributed by atoms with Gasteiger partial charge in [0.05, 0.1) is 0 Å². The third kappa shape index (κ3) is 2.69. The zero-order valence-corrected chi connectivity index (χ0v) is 13.7. The normalized spacial score (nSPS) is 21.3. The van der Waals surface area contributed by atoms with Gasteiger partial charge in [-0.05, 0) is 59.4 Å². The second kappa shape index (κ2) is 6.44. The molecule has 0 atom stereocenters. The van der Waals surface area contributed by atoms with Gasteiger partial charge in [0.1, 0.15) is 0 Å². The maximum atomic E-state index is 2.49. The zero-order valence-electron chi connectivity index (χ0n) is 13.7. The van der Waals surface area contributed by atoms with E-state index in [-0.39, 0.29) is 0 Å². The minimum atomic E-state index is 0.805. The van der Waals surface area contributed by atoms with E-state index < -0.39 is 0 Å². The van der Waals surface area contributed by atoms with E-state index in [1.807, 2.05) is 0 Å². The van der Waals surface area contributed by atoms with Crippen LogP contribution in [0.5, 0.6) is 0 Å². The molecule has 0 aromatic heterocycles.